The molecule has 1 aromatic rings. The maximum Gasteiger partial charge on any atom is 0.243 e. The van der Waals surface area contributed by atoms with Crippen molar-refractivity contribution < 1.29 is 18.8 Å². The van der Waals surface area contributed by atoms with E-state index in [0.29, 0.717) is 19.4 Å². The summed E-state index contributed by atoms with van der Waals surface area (Å²) in [6.45, 7) is 0.686. The standard InChI is InChI=1S/C15H20FNO3/c16-13-9-7-12(8-10-13)4-3-5-14(18)17-20-15-6-1-2-11-19-15/h7-10,15H,1-6,11H2,(H,17,18). The molecule has 1 saturated heterocycles. The molecule has 0 spiro atoms. The van der Waals surface area contributed by atoms with E-state index < -0.39 is 0 Å². The molecule has 0 aliphatic carbocycles. The van der Waals surface area contributed by atoms with Crippen molar-refractivity contribution in [2.45, 2.75) is 44.8 Å². The molecule has 1 atom stereocenters. The molecule has 0 aromatic heterocycles. The van der Waals surface area contributed by atoms with E-state index in [4.69, 9.17) is 9.57 Å². The number of nitrogens with one attached hydrogen (secondary N) is 1. The highest BCUT2D eigenvalue weighted by Crippen LogP contribution is 2.12. The molecule has 1 aromatic carbocycles. The third-order valence-electron chi connectivity index (χ3n) is 3.22. The van der Waals surface area contributed by atoms with Gasteiger partial charge in [0.2, 0.25) is 5.91 Å². The average molecular weight is 281 g/mol. The van der Waals surface area contributed by atoms with E-state index in [9.17, 15) is 9.18 Å². The molecule has 0 saturated carbocycles. The Bertz CT molecular complexity index is 416. The predicted molar refractivity (Wildman–Crippen MR) is 72.2 cm³/mol. The quantitative estimate of drug-likeness (QED) is 0.816. The second-order valence-corrected chi connectivity index (χ2v) is 4.92. The topological polar surface area (TPSA) is 47.6 Å². The van der Waals surface area contributed by atoms with Gasteiger partial charge in [0.25, 0.3) is 0 Å². The van der Waals surface area contributed by atoms with E-state index in [1.807, 2.05) is 0 Å². The fourth-order valence-electron chi connectivity index (χ4n) is 2.09. The highest BCUT2D eigenvalue weighted by molar-refractivity contribution is 5.74. The summed E-state index contributed by atoms with van der Waals surface area (Å²) in [6.07, 6.45) is 4.43. The molecule has 1 unspecified atom stereocenters. The molecule has 0 radical (unpaired) electrons. The predicted octanol–water partition coefficient (Wildman–Crippen LogP) is 2.72. The molecule has 1 fully saturated rings. The van der Waals surface area contributed by atoms with Crippen molar-refractivity contribution in [3.8, 4) is 0 Å². The first-order chi connectivity index (χ1) is 9.74. The van der Waals surface area contributed by atoms with Gasteiger partial charge in [0, 0.05) is 19.4 Å². The maximum atomic E-state index is 12.7. The van der Waals surface area contributed by atoms with E-state index in [-0.39, 0.29) is 18.0 Å². The lowest BCUT2D eigenvalue weighted by molar-refractivity contribution is -0.200. The number of hydrogen-bond acceptors (Lipinski definition) is 3. The summed E-state index contributed by atoms with van der Waals surface area (Å²) >= 11 is 0. The second kappa shape index (κ2) is 7.97. The molecular weight excluding hydrogens is 261 g/mol. The fraction of sp³-hybridized carbons (Fsp3) is 0.533. The number of carbonyl (C=O) groups is 1. The van der Waals surface area contributed by atoms with Gasteiger partial charge in [-0.25, -0.2) is 14.7 Å². The van der Waals surface area contributed by atoms with Crippen molar-refractivity contribution in [1.29, 1.82) is 0 Å². The van der Waals surface area contributed by atoms with Crippen LogP contribution in [-0.4, -0.2) is 18.8 Å². The van der Waals surface area contributed by atoms with Crippen LogP contribution in [-0.2, 0) is 20.8 Å². The van der Waals surface area contributed by atoms with E-state index in [0.717, 1.165) is 31.2 Å². The molecule has 4 nitrogen and oxygen atoms in total. The molecular formula is C15H20FNO3. The van der Waals surface area contributed by atoms with Crippen molar-refractivity contribution in [2.75, 3.05) is 6.61 Å². The third-order valence-corrected chi connectivity index (χ3v) is 3.22. The lowest BCUT2D eigenvalue weighted by atomic mass is 10.1. The maximum absolute atomic E-state index is 12.7. The van der Waals surface area contributed by atoms with Crippen LogP contribution in [0.25, 0.3) is 0 Å². The van der Waals surface area contributed by atoms with Crippen LogP contribution in [0.5, 0.6) is 0 Å². The van der Waals surface area contributed by atoms with Crippen LogP contribution in [0.1, 0.15) is 37.7 Å². The Morgan fingerprint density at radius 3 is 2.85 bits per heavy atom. The Morgan fingerprint density at radius 1 is 1.35 bits per heavy atom. The number of rotatable bonds is 6. The van der Waals surface area contributed by atoms with Crippen molar-refractivity contribution in [3.05, 3.63) is 35.6 Å². The number of hydrogen-bond donors (Lipinski definition) is 1. The SMILES string of the molecule is O=C(CCCc1ccc(F)cc1)NOC1CCCCO1. The highest BCUT2D eigenvalue weighted by Gasteiger charge is 2.15. The van der Waals surface area contributed by atoms with Crippen LogP contribution in [0.3, 0.4) is 0 Å². The molecule has 1 aliphatic heterocycles. The molecule has 2 rings (SSSR count). The zero-order valence-corrected chi connectivity index (χ0v) is 11.4. The summed E-state index contributed by atoms with van der Waals surface area (Å²) in [5.41, 5.74) is 3.45. The zero-order valence-electron chi connectivity index (χ0n) is 11.4. The number of carbonyl (C=O) groups excluding carboxylic acids is 1. The van der Waals surface area contributed by atoms with Gasteiger partial charge in [-0.05, 0) is 43.4 Å². The normalized spacial score (nSPS) is 18.8. The molecule has 1 amide bonds. The first-order valence-corrected chi connectivity index (χ1v) is 7.04. The summed E-state index contributed by atoms with van der Waals surface area (Å²) in [5, 5.41) is 0. The van der Waals surface area contributed by atoms with Crippen LogP contribution >= 0.6 is 0 Å². The largest absolute Gasteiger partial charge is 0.350 e. The van der Waals surface area contributed by atoms with Crippen LogP contribution in [0.2, 0.25) is 0 Å². The first-order valence-electron chi connectivity index (χ1n) is 7.04. The van der Waals surface area contributed by atoms with Gasteiger partial charge < -0.3 is 4.74 Å². The number of halogens is 1. The van der Waals surface area contributed by atoms with Crippen molar-refractivity contribution in [3.63, 3.8) is 0 Å². The van der Waals surface area contributed by atoms with E-state index in [1.54, 1.807) is 12.1 Å². The van der Waals surface area contributed by atoms with Gasteiger partial charge in [0.05, 0.1) is 0 Å². The summed E-state index contributed by atoms with van der Waals surface area (Å²) in [4.78, 5) is 16.8. The minimum absolute atomic E-state index is 0.152. The van der Waals surface area contributed by atoms with Gasteiger partial charge in [-0.2, -0.15) is 0 Å². The Kier molecular flexibility index (Phi) is 5.95. The smallest absolute Gasteiger partial charge is 0.243 e. The zero-order chi connectivity index (χ0) is 14.2. The van der Waals surface area contributed by atoms with Gasteiger partial charge in [0.1, 0.15) is 5.82 Å². The molecule has 1 N–H and O–H groups in total. The number of hydroxylamine groups is 1. The minimum atomic E-state index is -0.315. The van der Waals surface area contributed by atoms with Gasteiger partial charge in [-0.1, -0.05) is 12.1 Å². The summed E-state index contributed by atoms with van der Waals surface area (Å²) in [7, 11) is 0. The Morgan fingerprint density at radius 2 is 2.15 bits per heavy atom. The highest BCUT2D eigenvalue weighted by atomic mass is 19.1. The second-order valence-electron chi connectivity index (χ2n) is 4.92. The first kappa shape index (κ1) is 14.9. The van der Waals surface area contributed by atoms with Gasteiger partial charge in [0.15, 0.2) is 6.29 Å². The van der Waals surface area contributed by atoms with Crippen LogP contribution in [0.15, 0.2) is 24.3 Å². The Labute approximate surface area is 118 Å². The van der Waals surface area contributed by atoms with E-state index in [2.05, 4.69) is 5.48 Å². The van der Waals surface area contributed by atoms with Crippen molar-refractivity contribution in [1.82, 2.24) is 5.48 Å². The van der Waals surface area contributed by atoms with Crippen molar-refractivity contribution in [2.24, 2.45) is 0 Å². The lowest BCUT2D eigenvalue weighted by Crippen LogP contribution is -2.33. The molecule has 0 bridgehead atoms. The number of aryl methyl sites for hydroxylation is 1. The van der Waals surface area contributed by atoms with Gasteiger partial charge in [-0.15, -0.1) is 0 Å². The molecule has 1 heterocycles. The summed E-state index contributed by atoms with van der Waals surface area (Å²) < 4.78 is 18.1. The third kappa shape index (κ3) is 5.27. The summed E-state index contributed by atoms with van der Waals surface area (Å²) in [5.74, 6) is -0.395. The monoisotopic (exact) mass is 281 g/mol. The van der Waals surface area contributed by atoms with Gasteiger partial charge >= 0.3 is 0 Å². The van der Waals surface area contributed by atoms with E-state index in [1.165, 1.54) is 12.1 Å². The Balaban J connectivity index is 1.58. The molecule has 1 aliphatic rings. The Hall–Kier alpha value is -1.46. The fourth-order valence-corrected chi connectivity index (χ4v) is 2.09. The number of benzene rings is 1. The van der Waals surface area contributed by atoms with Crippen molar-refractivity contribution >= 4 is 5.91 Å². The molecule has 110 valence electrons. The molecule has 5 heteroatoms. The number of ether oxygens (including phenoxy) is 1. The summed E-state index contributed by atoms with van der Waals surface area (Å²) in [6, 6.07) is 6.33. The van der Waals surface area contributed by atoms with E-state index >= 15 is 0 Å². The minimum Gasteiger partial charge on any atom is -0.350 e. The van der Waals surface area contributed by atoms with Gasteiger partial charge in [-0.3, -0.25) is 4.79 Å². The lowest BCUT2D eigenvalue weighted by Gasteiger charge is -2.22. The average Bonchev–Trinajstić information content (AvgIpc) is 2.48. The molecule has 20 heavy (non-hydrogen) atoms. The van der Waals surface area contributed by atoms with Crippen LogP contribution < -0.4 is 5.48 Å². The number of amides is 1. The van der Waals surface area contributed by atoms with Crippen LogP contribution in [0, 0.1) is 5.82 Å². The van der Waals surface area contributed by atoms with Crippen LogP contribution in [0.4, 0.5) is 4.39 Å².